The molecule has 5 unspecified atom stereocenters. The average molecular weight is 399 g/mol. The van der Waals surface area contributed by atoms with E-state index in [9.17, 15) is 15.3 Å². The van der Waals surface area contributed by atoms with Gasteiger partial charge in [-0.15, -0.1) is 0 Å². The lowest BCUT2D eigenvalue weighted by atomic mass is 10.0. The van der Waals surface area contributed by atoms with Crippen molar-refractivity contribution in [2.24, 2.45) is 0 Å². The van der Waals surface area contributed by atoms with Gasteiger partial charge in [0.2, 0.25) is 0 Å². The van der Waals surface area contributed by atoms with Gasteiger partial charge < -0.3 is 25.4 Å². The molecule has 1 aromatic carbocycles. The Kier molecular flexibility index (Phi) is 5.72. The van der Waals surface area contributed by atoms with Crippen LogP contribution in [0.1, 0.15) is 37.6 Å². The first-order valence-electron chi connectivity index (χ1n) is 9.75. The summed E-state index contributed by atoms with van der Waals surface area (Å²) in [5.74, 6) is 0.586. The van der Waals surface area contributed by atoms with Gasteiger partial charge in [-0.25, -0.2) is 15.0 Å². The number of fused-ring (bicyclic) bond motifs is 1. The van der Waals surface area contributed by atoms with Crippen LogP contribution in [0.15, 0.2) is 43.0 Å². The Morgan fingerprint density at radius 1 is 1.14 bits per heavy atom. The summed E-state index contributed by atoms with van der Waals surface area (Å²) in [6.07, 6.45) is 0.708. The van der Waals surface area contributed by atoms with E-state index in [0.29, 0.717) is 17.0 Å². The molecule has 9 heteroatoms. The summed E-state index contributed by atoms with van der Waals surface area (Å²) >= 11 is 0. The molecular weight excluding hydrogens is 374 g/mol. The Hall–Kier alpha value is -2.59. The summed E-state index contributed by atoms with van der Waals surface area (Å²) in [6, 6.07) is 10.2. The summed E-state index contributed by atoms with van der Waals surface area (Å²) in [5, 5.41) is 33.2. The normalized spacial score (nSPS) is 25.4. The molecule has 0 bridgehead atoms. The predicted octanol–water partition coefficient (Wildman–Crippen LogP) is 1.39. The Balaban J connectivity index is 1.66. The van der Waals surface area contributed by atoms with E-state index in [0.717, 1.165) is 18.4 Å². The molecule has 154 valence electrons. The molecule has 1 aliphatic heterocycles. The number of imidazole rings is 1. The molecule has 4 N–H and O–H groups in total. The number of aliphatic hydroxyl groups excluding tert-OH is 3. The number of aromatic nitrogens is 4. The number of ether oxygens (including phenoxy) is 1. The third kappa shape index (κ3) is 3.69. The molecule has 0 radical (unpaired) electrons. The van der Waals surface area contributed by atoms with Gasteiger partial charge in [-0.2, -0.15) is 0 Å². The van der Waals surface area contributed by atoms with Gasteiger partial charge in [-0.05, 0) is 12.0 Å². The van der Waals surface area contributed by atoms with Crippen molar-refractivity contribution >= 4 is 17.0 Å². The Morgan fingerprint density at radius 3 is 2.62 bits per heavy atom. The van der Waals surface area contributed by atoms with E-state index in [4.69, 9.17) is 4.74 Å². The molecule has 0 saturated carbocycles. The minimum Gasteiger partial charge on any atom is -0.394 e. The number of hydrogen-bond donors (Lipinski definition) is 4. The lowest BCUT2D eigenvalue weighted by Gasteiger charge is -2.20. The van der Waals surface area contributed by atoms with Gasteiger partial charge >= 0.3 is 0 Å². The molecule has 29 heavy (non-hydrogen) atoms. The van der Waals surface area contributed by atoms with Gasteiger partial charge in [0.1, 0.15) is 24.6 Å². The molecule has 0 aliphatic carbocycles. The zero-order chi connectivity index (χ0) is 20.4. The maximum atomic E-state index is 10.3. The highest BCUT2D eigenvalue weighted by molar-refractivity contribution is 5.83. The summed E-state index contributed by atoms with van der Waals surface area (Å²) in [5.41, 5.74) is 2.17. The molecule has 3 aromatic rings. The highest BCUT2D eigenvalue weighted by Gasteiger charge is 2.44. The van der Waals surface area contributed by atoms with Crippen LogP contribution < -0.4 is 5.32 Å². The van der Waals surface area contributed by atoms with E-state index in [2.05, 4.69) is 39.3 Å². The van der Waals surface area contributed by atoms with Crippen molar-refractivity contribution in [1.82, 2.24) is 19.5 Å². The van der Waals surface area contributed by atoms with Crippen LogP contribution in [-0.4, -0.2) is 59.8 Å². The number of hydrogen-bond acceptors (Lipinski definition) is 8. The summed E-state index contributed by atoms with van der Waals surface area (Å²) in [6.45, 7) is 1.74. The molecule has 1 saturated heterocycles. The predicted molar refractivity (Wildman–Crippen MR) is 106 cm³/mol. The van der Waals surface area contributed by atoms with Crippen LogP contribution in [0.2, 0.25) is 0 Å². The van der Waals surface area contributed by atoms with Gasteiger partial charge in [0.15, 0.2) is 23.2 Å². The second-order valence-electron chi connectivity index (χ2n) is 7.17. The minimum absolute atomic E-state index is 0.0679. The molecule has 4 rings (SSSR count). The second kappa shape index (κ2) is 8.42. The number of anilines is 1. The zero-order valence-electron chi connectivity index (χ0n) is 16.1. The van der Waals surface area contributed by atoms with Crippen molar-refractivity contribution in [2.45, 2.75) is 50.3 Å². The van der Waals surface area contributed by atoms with Crippen molar-refractivity contribution in [3.8, 4) is 0 Å². The van der Waals surface area contributed by atoms with Crippen molar-refractivity contribution in [1.29, 1.82) is 0 Å². The first-order chi connectivity index (χ1) is 14.1. The number of benzene rings is 1. The topological polar surface area (TPSA) is 126 Å². The van der Waals surface area contributed by atoms with Crippen molar-refractivity contribution in [3.63, 3.8) is 0 Å². The van der Waals surface area contributed by atoms with E-state index in [1.807, 2.05) is 18.2 Å². The van der Waals surface area contributed by atoms with Gasteiger partial charge in [0.05, 0.1) is 19.0 Å². The Labute approximate surface area is 168 Å². The minimum atomic E-state index is -1.20. The first kappa shape index (κ1) is 19.7. The first-order valence-corrected chi connectivity index (χ1v) is 9.75. The van der Waals surface area contributed by atoms with Crippen molar-refractivity contribution in [3.05, 3.63) is 48.5 Å². The number of rotatable bonds is 7. The van der Waals surface area contributed by atoms with Crippen LogP contribution in [0.4, 0.5) is 5.82 Å². The maximum absolute atomic E-state index is 10.3. The average Bonchev–Trinajstić information content (AvgIpc) is 3.30. The third-order valence-corrected chi connectivity index (χ3v) is 5.24. The van der Waals surface area contributed by atoms with Crippen molar-refractivity contribution in [2.75, 3.05) is 11.9 Å². The molecule has 1 fully saturated rings. The fourth-order valence-electron chi connectivity index (χ4n) is 3.71. The van der Waals surface area contributed by atoms with Crippen molar-refractivity contribution < 1.29 is 20.1 Å². The third-order valence-electron chi connectivity index (χ3n) is 5.24. The lowest BCUT2D eigenvalue weighted by molar-refractivity contribution is -0.0511. The highest BCUT2D eigenvalue weighted by atomic mass is 16.6. The standard InChI is InChI=1S/C20H25N5O4/c1-2-6-13(12-7-4-3-5-8-12)24-18-15-19(22-10-21-18)25(11-23-15)20-17(28)16(27)14(9-26)29-20/h3-5,7-8,10-11,13-14,16-17,20,26-28H,2,6,9H2,1H3,(H,21,22,24). The van der Waals surface area contributed by atoms with Gasteiger partial charge in [0, 0.05) is 0 Å². The fourth-order valence-corrected chi connectivity index (χ4v) is 3.71. The van der Waals surface area contributed by atoms with Gasteiger partial charge in [-0.3, -0.25) is 4.57 Å². The lowest BCUT2D eigenvalue weighted by Crippen LogP contribution is -2.33. The maximum Gasteiger partial charge on any atom is 0.167 e. The monoisotopic (exact) mass is 399 g/mol. The summed E-state index contributed by atoms with van der Waals surface area (Å²) < 4.78 is 7.17. The number of nitrogens with zero attached hydrogens (tertiary/aromatic N) is 4. The molecular formula is C20H25N5O4. The van der Waals surface area contributed by atoms with E-state index in [1.165, 1.54) is 12.7 Å². The van der Waals surface area contributed by atoms with Crippen LogP contribution in [0.5, 0.6) is 0 Å². The number of nitrogens with one attached hydrogen (secondary N) is 1. The SMILES string of the molecule is CCCC(Nc1ncnc2c1ncn2C1OC(CO)C(O)C1O)c1ccccc1. The van der Waals surface area contributed by atoms with Gasteiger partial charge in [-0.1, -0.05) is 43.7 Å². The van der Waals surface area contributed by atoms with Crippen LogP contribution in [0, 0.1) is 0 Å². The molecule has 9 nitrogen and oxygen atoms in total. The van der Waals surface area contributed by atoms with E-state index < -0.39 is 24.5 Å². The van der Waals surface area contributed by atoms with Crippen LogP contribution in [-0.2, 0) is 4.74 Å². The molecule has 3 heterocycles. The summed E-state index contributed by atoms with van der Waals surface area (Å²) in [7, 11) is 0. The second-order valence-corrected chi connectivity index (χ2v) is 7.17. The molecule has 5 atom stereocenters. The molecule has 0 amide bonds. The Bertz CT molecular complexity index is 950. The van der Waals surface area contributed by atoms with E-state index in [1.54, 1.807) is 4.57 Å². The summed E-state index contributed by atoms with van der Waals surface area (Å²) in [4.78, 5) is 13.1. The van der Waals surface area contributed by atoms with Crippen LogP contribution in [0.3, 0.4) is 0 Å². The molecule has 0 spiro atoms. The highest BCUT2D eigenvalue weighted by Crippen LogP contribution is 2.33. The van der Waals surface area contributed by atoms with Crippen LogP contribution in [0.25, 0.3) is 11.2 Å². The zero-order valence-corrected chi connectivity index (χ0v) is 16.1. The smallest absolute Gasteiger partial charge is 0.167 e. The Morgan fingerprint density at radius 2 is 1.93 bits per heavy atom. The quantitative estimate of drug-likeness (QED) is 0.470. The van der Waals surface area contributed by atoms with E-state index >= 15 is 0 Å². The number of aliphatic hydroxyl groups is 3. The largest absolute Gasteiger partial charge is 0.394 e. The van der Waals surface area contributed by atoms with Gasteiger partial charge in [0.25, 0.3) is 0 Å². The van der Waals surface area contributed by atoms with E-state index in [-0.39, 0.29) is 12.6 Å². The molecule has 1 aliphatic rings. The fraction of sp³-hybridized carbons (Fsp3) is 0.450. The van der Waals surface area contributed by atoms with Crippen LogP contribution >= 0.6 is 0 Å². The molecule has 2 aromatic heterocycles.